The molecule has 0 aromatic rings. The first-order chi connectivity index (χ1) is 4.36. The van der Waals surface area contributed by atoms with E-state index >= 15 is 0 Å². The number of nitrogens with zero attached hydrogens (tertiary/aromatic N) is 1. The van der Waals surface area contributed by atoms with Gasteiger partial charge in [0, 0.05) is 0 Å². The van der Waals surface area contributed by atoms with Crippen LogP contribution < -0.4 is 0 Å². The fourth-order valence-corrected chi connectivity index (χ4v) is 5.51. The Kier molecular flexibility index (Phi) is 1.99. The molecule has 0 unspecified atom stereocenters. The average molecular weight is 297 g/mol. The van der Waals surface area contributed by atoms with Crippen LogP contribution >= 0.6 is 22.9 Å². The van der Waals surface area contributed by atoms with Crippen LogP contribution in [0, 0.1) is 0 Å². The Morgan fingerprint density at radius 3 is 1.40 bits per heavy atom. The summed E-state index contributed by atoms with van der Waals surface area (Å²) in [7, 11) is -7.00. The minimum atomic E-state index is -3.50. The number of hydrogen-bond donors (Lipinski definition) is 0. The first-order valence-corrected chi connectivity index (χ1v) is 6.46. The lowest BCUT2D eigenvalue weighted by Gasteiger charge is -2.00. The van der Waals surface area contributed by atoms with Crippen LogP contribution in [0.4, 0.5) is 0 Å². The zero-order chi connectivity index (χ0) is 7.99. The van der Waals surface area contributed by atoms with Gasteiger partial charge in [0.25, 0.3) is 0 Å². The van der Waals surface area contributed by atoms with Gasteiger partial charge >= 0.3 is 0 Å². The van der Waals surface area contributed by atoms with Crippen molar-refractivity contribution in [2.45, 2.75) is 0 Å². The maximum Gasteiger partial charge on any atom is 0.237 e. The average Bonchev–Trinajstić information content (AvgIpc) is 1.95. The highest BCUT2D eigenvalue weighted by atomic mass is 127. The van der Waals surface area contributed by atoms with Crippen molar-refractivity contribution in [3.63, 3.8) is 0 Å². The SMILES string of the molecule is O=S1(=O)CCS(=O)(=O)N1I. The van der Waals surface area contributed by atoms with Gasteiger partial charge in [-0.1, -0.05) is 0 Å². The van der Waals surface area contributed by atoms with Crippen molar-refractivity contribution in [2.75, 3.05) is 11.5 Å². The van der Waals surface area contributed by atoms with Gasteiger partial charge < -0.3 is 0 Å². The lowest BCUT2D eigenvalue weighted by molar-refractivity contribution is 0.573. The molecule has 1 heterocycles. The lowest BCUT2D eigenvalue weighted by atomic mass is 11.0. The second kappa shape index (κ2) is 2.29. The summed E-state index contributed by atoms with van der Waals surface area (Å²) < 4.78 is 43.3. The number of halogens is 1. The molecule has 0 N–H and O–H groups in total. The van der Waals surface area contributed by atoms with Crippen LogP contribution in [0.15, 0.2) is 0 Å². The molecular weight excluding hydrogens is 293 g/mol. The predicted octanol–water partition coefficient (Wildman–Crippen LogP) is -0.688. The van der Waals surface area contributed by atoms with Gasteiger partial charge in [-0.15, -0.1) is 0 Å². The van der Waals surface area contributed by atoms with E-state index in [1.807, 2.05) is 0 Å². The zero-order valence-electron chi connectivity index (χ0n) is 4.69. The van der Waals surface area contributed by atoms with E-state index in [1.54, 1.807) is 0 Å². The lowest BCUT2D eigenvalue weighted by Crippen LogP contribution is -2.18. The van der Waals surface area contributed by atoms with Crippen LogP contribution in [-0.4, -0.2) is 30.3 Å². The van der Waals surface area contributed by atoms with Gasteiger partial charge in [0.1, 0.15) is 0 Å². The van der Waals surface area contributed by atoms with E-state index in [2.05, 4.69) is 0 Å². The molecule has 1 saturated heterocycles. The molecule has 0 spiro atoms. The maximum absolute atomic E-state index is 10.7. The van der Waals surface area contributed by atoms with Crippen molar-refractivity contribution in [3.8, 4) is 0 Å². The predicted molar refractivity (Wildman–Crippen MR) is 43.4 cm³/mol. The van der Waals surface area contributed by atoms with Gasteiger partial charge in [0.05, 0.1) is 34.4 Å². The second-order valence-corrected chi connectivity index (χ2v) is 8.16. The van der Waals surface area contributed by atoms with Crippen molar-refractivity contribution in [2.24, 2.45) is 0 Å². The summed E-state index contributed by atoms with van der Waals surface area (Å²) in [6, 6.07) is 0. The molecular formula is C2H4INO4S2. The molecule has 1 rings (SSSR count). The highest BCUT2D eigenvalue weighted by Crippen LogP contribution is 2.22. The molecule has 60 valence electrons. The van der Waals surface area contributed by atoms with Gasteiger partial charge in [-0.25, -0.2) is 16.8 Å². The Balaban J connectivity index is 3.25. The Morgan fingerprint density at radius 2 is 1.30 bits per heavy atom. The van der Waals surface area contributed by atoms with Crippen LogP contribution in [0.1, 0.15) is 0 Å². The number of rotatable bonds is 0. The molecule has 1 fully saturated rings. The van der Waals surface area contributed by atoms with Crippen LogP contribution in [0.25, 0.3) is 0 Å². The molecule has 5 nitrogen and oxygen atoms in total. The molecule has 0 atom stereocenters. The molecule has 1 aliphatic heterocycles. The normalized spacial score (nSPS) is 30.5. The van der Waals surface area contributed by atoms with Gasteiger partial charge in [-0.3, -0.25) is 0 Å². The molecule has 0 bridgehead atoms. The molecule has 10 heavy (non-hydrogen) atoms. The second-order valence-electron chi connectivity index (χ2n) is 1.78. The monoisotopic (exact) mass is 297 g/mol. The van der Waals surface area contributed by atoms with Crippen LogP contribution in [0.3, 0.4) is 0 Å². The molecule has 0 aromatic heterocycles. The summed E-state index contributed by atoms with van der Waals surface area (Å²) in [6.07, 6.45) is 0. The van der Waals surface area contributed by atoms with E-state index in [4.69, 9.17) is 0 Å². The van der Waals surface area contributed by atoms with E-state index in [1.165, 1.54) is 22.9 Å². The van der Waals surface area contributed by atoms with Crippen molar-refractivity contribution in [1.29, 1.82) is 0 Å². The van der Waals surface area contributed by atoms with Crippen LogP contribution in [0.2, 0.25) is 0 Å². The smallest absolute Gasteiger partial charge is 0.210 e. The van der Waals surface area contributed by atoms with Gasteiger partial charge in [-0.05, 0) is 1.92 Å². The highest BCUT2D eigenvalue weighted by molar-refractivity contribution is 14.1. The first kappa shape index (κ1) is 8.68. The van der Waals surface area contributed by atoms with Gasteiger partial charge in [-0.2, -0.15) is 0 Å². The van der Waals surface area contributed by atoms with Crippen molar-refractivity contribution >= 4 is 42.9 Å². The summed E-state index contributed by atoms with van der Waals surface area (Å²) in [5.41, 5.74) is 0. The Morgan fingerprint density at radius 1 is 1.00 bits per heavy atom. The summed E-state index contributed by atoms with van der Waals surface area (Å²) in [5.74, 6) is -0.587. The summed E-state index contributed by atoms with van der Waals surface area (Å²) in [4.78, 5) is 0. The standard InChI is InChI=1S/C2H4INO4S2/c3-4-9(5,6)1-2-10(4,7)8/h1-2H2. The van der Waals surface area contributed by atoms with E-state index in [0.717, 1.165) is 0 Å². The number of hydrogen-bond acceptors (Lipinski definition) is 4. The van der Waals surface area contributed by atoms with Crippen LogP contribution in [0.5, 0.6) is 0 Å². The summed E-state index contributed by atoms with van der Waals surface area (Å²) >= 11 is 1.27. The van der Waals surface area contributed by atoms with Gasteiger partial charge in [0.15, 0.2) is 0 Å². The van der Waals surface area contributed by atoms with E-state index < -0.39 is 20.0 Å². The van der Waals surface area contributed by atoms with Crippen molar-refractivity contribution < 1.29 is 16.8 Å². The minimum Gasteiger partial charge on any atom is -0.210 e. The molecule has 0 radical (unpaired) electrons. The third-order valence-corrected chi connectivity index (χ3v) is 8.57. The van der Waals surface area contributed by atoms with Crippen LogP contribution in [-0.2, 0) is 20.0 Å². The fraction of sp³-hybridized carbons (Fsp3) is 1.00. The van der Waals surface area contributed by atoms with E-state index in [-0.39, 0.29) is 11.5 Å². The summed E-state index contributed by atoms with van der Waals surface area (Å²) in [6.45, 7) is 0. The van der Waals surface area contributed by atoms with E-state index in [9.17, 15) is 16.8 Å². The molecule has 0 aromatic carbocycles. The fourth-order valence-electron chi connectivity index (χ4n) is 0.527. The molecule has 1 aliphatic rings. The van der Waals surface area contributed by atoms with Gasteiger partial charge in [0.2, 0.25) is 20.0 Å². The Hall–Kier alpha value is 0.590. The van der Waals surface area contributed by atoms with Crippen molar-refractivity contribution in [3.05, 3.63) is 0 Å². The molecule has 0 amide bonds. The van der Waals surface area contributed by atoms with E-state index in [0.29, 0.717) is 1.92 Å². The molecule has 8 heteroatoms. The Labute approximate surface area is 73.0 Å². The third kappa shape index (κ3) is 1.29. The highest BCUT2D eigenvalue weighted by Gasteiger charge is 2.39. The quantitative estimate of drug-likeness (QED) is 0.438. The number of sulfonamides is 2. The minimum absolute atomic E-state index is 0.293. The first-order valence-electron chi connectivity index (χ1n) is 2.28. The third-order valence-electron chi connectivity index (χ3n) is 1.04. The summed E-state index contributed by atoms with van der Waals surface area (Å²) in [5, 5.41) is 0. The Bertz CT molecular complexity index is 294. The topological polar surface area (TPSA) is 71.5 Å². The van der Waals surface area contributed by atoms with Crippen molar-refractivity contribution in [1.82, 2.24) is 1.92 Å². The molecule has 0 saturated carbocycles. The maximum atomic E-state index is 10.7. The molecule has 0 aliphatic carbocycles. The largest absolute Gasteiger partial charge is 0.237 e. The zero-order valence-corrected chi connectivity index (χ0v) is 8.48.